The average Bonchev–Trinajstić information content (AvgIpc) is 2.69. The van der Waals surface area contributed by atoms with Crippen molar-refractivity contribution in [3.8, 4) is 0 Å². The van der Waals surface area contributed by atoms with E-state index in [4.69, 9.17) is 4.74 Å². The molecule has 0 aliphatic carbocycles. The van der Waals surface area contributed by atoms with Crippen LogP contribution in [0.1, 0.15) is 33.3 Å². The highest BCUT2D eigenvalue weighted by Gasteiger charge is 2.16. The molecule has 3 rings (SSSR count). The van der Waals surface area contributed by atoms with Gasteiger partial charge in [0, 0.05) is 11.9 Å². The van der Waals surface area contributed by atoms with Gasteiger partial charge >= 0.3 is 5.97 Å². The van der Waals surface area contributed by atoms with E-state index in [2.05, 4.69) is 20.6 Å². The van der Waals surface area contributed by atoms with Crippen LogP contribution in [-0.2, 0) is 4.74 Å². The number of esters is 1. The molecule has 1 aromatic heterocycles. The molecule has 3 aromatic rings. The molecule has 1 heterocycles. The van der Waals surface area contributed by atoms with E-state index in [1.54, 1.807) is 31.2 Å². The zero-order valence-electron chi connectivity index (χ0n) is 15.6. The number of nitrogens with zero attached hydrogens (tertiary/aromatic N) is 2. The molecule has 0 bridgehead atoms. The number of aryl methyl sites for hydroxylation is 1. The number of hydrogen-bond acceptors (Lipinski definition) is 6. The first-order chi connectivity index (χ1) is 13.6. The van der Waals surface area contributed by atoms with E-state index in [0.29, 0.717) is 11.6 Å². The maximum absolute atomic E-state index is 12.6. The molecule has 0 saturated heterocycles. The lowest BCUT2D eigenvalue weighted by Crippen LogP contribution is -2.17. The van der Waals surface area contributed by atoms with E-state index < -0.39 is 11.9 Å². The monoisotopic (exact) mass is 376 g/mol. The number of amides is 1. The summed E-state index contributed by atoms with van der Waals surface area (Å²) in [6.07, 6.45) is 1.50. The highest BCUT2D eigenvalue weighted by molar-refractivity contribution is 6.07. The Morgan fingerprint density at radius 3 is 2.68 bits per heavy atom. The number of para-hydroxylation sites is 1. The zero-order valence-corrected chi connectivity index (χ0v) is 15.6. The van der Waals surface area contributed by atoms with E-state index >= 15 is 0 Å². The second kappa shape index (κ2) is 8.77. The van der Waals surface area contributed by atoms with Crippen LogP contribution in [0.2, 0.25) is 0 Å². The largest absolute Gasteiger partial charge is 0.462 e. The number of anilines is 3. The highest BCUT2D eigenvalue weighted by atomic mass is 16.5. The molecule has 28 heavy (non-hydrogen) atoms. The molecular formula is C21H20N4O3. The van der Waals surface area contributed by atoms with Gasteiger partial charge in [0.2, 0.25) is 5.95 Å². The fraction of sp³-hybridized carbons (Fsp3) is 0.143. The van der Waals surface area contributed by atoms with Gasteiger partial charge in [-0.25, -0.2) is 14.8 Å². The normalized spacial score (nSPS) is 10.2. The SMILES string of the molecule is CCOC(=O)c1ccccc1NC(=O)c1ccnc(Nc2cccc(C)c2)n1. The summed E-state index contributed by atoms with van der Waals surface area (Å²) in [5, 5.41) is 5.78. The molecular weight excluding hydrogens is 356 g/mol. The van der Waals surface area contributed by atoms with Gasteiger partial charge in [-0.15, -0.1) is 0 Å². The Bertz CT molecular complexity index is 1000. The van der Waals surface area contributed by atoms with E-state index in [1.165, 1.54) is 12.3 Å². The van der Waals surface area contributed by atoms with Crippen LogP contribution < -0.4 is 10.6 Å². The van der Waals surface area contributed by atoms with Crippen LogP contribution in [-0.4, -0.2) is 28.5 Å². The number of rotatable bonds is 6. The fourth-order valence-electron chi connectivity index (χ4n) is 2.56. The Morgan fingerprint density at radius 1 is 1.07 bits per heavy atom. The number of aromatic nitrogens is 2. The number of hydrogen-bond donors (Lipinski definition) is 2. The van der Waals surface area contributed by atoms with Crippen molar-refractivity contribution in [3.63, 3.8) is 0 Å². The van der Waals surface area contributed by atoms with Crippen LogP contribution in [0, 0.1) is 6.92 Å². The van der Waals surface area contributed by atoms with Crippen molar-refractivity contribution in [3.05, 3.63) is 77.6 Å². The molecule has 142 valence electrons. The van der Waals surface area contributed by atoms with Crippen LogP contribution in [0.15, 0.2) is 60.8 Å². The minimum absolute atomic E-state index is 0.170. The maximum atomic E-state index is 12.6. The van der Waals surface area contributed by atoms with Crippen LogP contribution >= 0.6 is 0 Å². The topological polar surface area (TPSA) is 93.2 Å². The van der Waals surface area contributed by atoms with Crippen molar-refractivity contribution in [2.45, 2.75) is 13.8 Å². The number of carbonyl (C=O) groups excluding carboxylic acids is 2. The van der Waals surface area contributed by atoms with Gasteiger partial charge in [0.25, 0.3) is 5.91 Å². The summed E-state index contributed by atoms with van der Waals surface area (Å²) in [4.78, 5) is 33.1. The summed E-state index contributed by atoms with van der Waals surface area (Å²) in [7, 11) is 0. The Morgan fingerprint density at radius 2 is 1.89 bits per heavy atom. The minimum Gasteiger partial charge on any atom is -0.462 e. The summed E-state index contributed by atoms with van der Waals surface area (Å²) in [6, 6.07) is 15.9. The van der Waals surface area contributed by atoms with Gasteiger partial charge in [-0.3, -0.25) is 4.79 Å². The van der Waals surface area contributed by atoms with Gasteiger partial charge in [-0.05, 0) is 49.7 Å². The van der Waals surface area contributed by atoms with Crippen molar-refractivity contribution in [1.29, 1.82) is 0 Å². The van der Waals surface area contributed by atoms with Crippen LogP contribution in [0.5, 0.6) is 0 Å². The summed E-state index contributed by atoms with van der Waals surface area (Å²) < 4.78 is 5.03. The number of benzene rings is 2. The van der Waals surface area contributed by atoms with Gasteiger partial charge in [-0.1, -0.05) is 24.3 Å². The van der Waals surface area contributed by atoms with E-state index in [1.807, 2.05) is 31.2 Å². The zero-order chi connectivity index (χ0) is 19.9. The number of ether oxygens (including phenoxy) is 1. The average molecular weight is 376 g/mol. The lowest BCUT2D eigenvalue weighted by molar-refractivity contribution is 0.0527. The van der Waals surface area contributed by atoms with Crippen molar-refractivity contribution in [2.75, 3.05) is 17.2 Å². The van der Waals surface area contributed by atoms with Crippen molar-refractivity contribution < 1.29 is 14.3 Å². The molecule has 0 atom stereocenters. The molecule has 0 aliphatic rings. The van der Waals surface area contributed by atoms with Crippen molar-refractivity contribution in [1.82, 2.24) is 9.97 Å². The van der Waals surface area contributed by atoms with Crippen LogP contribution in [0.3, 0.4) is 0 Å². The Hall–Kier alpha value is -3.74. The van der Waals surface area contributed by atoms with E-state index in [-0.39, 0.29) is 17.9 Å². The van der Waals surface area contributed by atoms with E-state index in [9.17, 15) is 9.59 Å². The Balaban J connectivity index is 1.78. The first kappa shape index (κ1) is 19.0. The number of nitrogens with one attached hydrogen (secondary N) is 2. The van der Waals surface area contributed by atoms with Gasteiger partial charge in [0.15, 0.2) is 0 Å². The Labute approximate surface area is 162 Å². The summed E-state index contributed by atoms with van der Waals surface area (Å²) in [5.74, 6) is -0.647. The third kappa shape index (κ3) is 4.70. The van der Waals surface area contributed by atoms with E-state index in [0.717, 1.165) is 11.3 Å². The summed E-state index contributed by atoms with van der Waals surface area (Å²) in [5.41, 5.74) is 2.73. The predicted molar refractivity (Wildman–Crippen MR) is 107 cm³/mol. The molecule has 2 N–H and O–H groups in total. The first-order valence-corrected chi connectivity index (χ1v) is 8.81. The molecule has 7 heteroatoms. The lowest BCUT2D eigenvalue weighted by atomic mass is 10.1. The molecule has 0 saturated carbocycles. The molecule has 0 spiro atoms. The highest BCUT2D eigenvalue weighted by Crippen LogP contribution is 2.18. The summed E-state index contributed by atoms with van der Waals surface area (Å²) in [6.45, 7) is 3.96. The molecule has 0 aliphatic heterocycles. The van der Waals surface area contributed by atoms with Gasteiger partial charge in [0.05, 0.1) is 17.9 Å². The third-order valence-corrected chi connectivity index (χ3v) is 3.83. The van der Waals surface area contributed by atoms with Crippen molar-refractivity contribution in [2.24, 2.45) is 0 Å². The fourth-order valence-corrected chi connectivity index (χ4v) is 2.56. The van der Waals surface area contributed by atoms with Crippen LogP contribution in [0.25, 0.3) is 0 Å². The number of carbonyl (C=O) groups is 2. The molecule has 0 fully saturated rings. The van der Waals surface area contributed by atoms with Crippen LogP contribution in [0.4, 0.5) is 17.3 Å². The van der Waals surface area contributed by atoms with Gasteiger partial charge in [0.1, 0.15) is 5.69 Å². The smallest absolute Gasteiger partial charge is 0.340 e. The maximum Gasteiger partial charge on any atom is 0.340 e. The second-order valence-corrected chi connectivity index (χ2v) is 5.98. The van der Waals surface area contributed by atoms with Crippen molar-refractivity contribution >= 4 is 29.2 Å². The molecule has 0 unspecified atom stereocenters. The predicted octanol–water partition coefficient (Wildman–Crippen LogP) is 3.96. The lowest BCUT2D eigenvalue weighted by Gasteiger charge is -2.11. The quantitative estimate of drug-likeness (QED) is 0.633. The standard InChI is InChI=1S/C21H20N4O3/c1-3-28-20(27)16-9-4-5-10-17(16)24-19(26)18-11-12-22-21(25-18)23-15-8-6-7-14(2)13-15/h4-13H,3H2,1-2H3,(H,24,26)(H,22,23,25). The molecule has 1 amide bonds. The minimum atomic E-state index is -0.497. The second-order valence-electron chi connectivity index (χ2n) is 5.98. The molecule has 7 nitrogen and oxygen atoms in total. The summed E-state index contributed by atoms with van der Waals surface area (Å²) >= 11 is 0. The van der Waals surface area contributed by atoms with Gasteiger partial charge < -0.3 is 15.4 Å². The van der Waals surface area contributed by atoms with Gasteiger partial charge in [-0.2, -0.15) is 0 Å². The first-order valence-electron chi connectivity index (χ1n) is 8.81. The molecule has 2 aromatic carbocycles. The third-order valence-electron chi connectivity index (χ3n) is 3.83. The molecule has 0 radical (unpaired) electrons. The Kier molecular flexibility index (Phi) is 5.96.